The molecule has 0 radical (unpaired) electrons. The predicted octanol–water partition coefficient (Wildman–Crippen LogP) is 6.18. The number of nitrogens with one attached hydrogen (secondary N) is 1. The van der Waals surface area contributed by atoms with E-state index in [1.807, 2.05) is 0 Å². The number of rotatable bonds is 9. The lowest BCUT2D eigenvalue weighted by atomic mass is 10.0. The number of ether oxygens (including phenoxy) is 2. The number of benzene rings is 2. The van der Waals surface area contributed by atoms with Crippen LogP contribution in [0.1, 0.15) is 46.0 Å². The number of carboxylic acids is 1. The van der Waals surface area contributed by atoms with Crippen LogP contribution in [0.5, 0.6) is 11.5 Å². The Morgan fingerprint density at radius 1 is 1.05 bits per heavy atom. The van der Waals surface area contributed by atoms with E-state index in [0.29, 0.717) is 18.7 Å². The van der Waals surface area contributed by atoms with Crippen LogP contribution in [0.15, 0.2) is 36.4 Å². The van der Waals surface area contributed by atoms with Gasteiger partial charge in [0, 0.05) is 48.6 Å². The number of pyridine rings is 1. The molecule has 42 heavy (non-hydrogen) atoms. The van der Waals surface area contributed by atoms with E-state index in [0.717, 1.165) is 77.9 Å². The third-order valence-corrected chi connectivity index (χ3v) is 7.89. The third kappa shape index (κ3) is 8.16. The summed E-state index contributed by atoms with van der Waals surface area (Å²) in [6, 6.07) is 13.6. The van der Waals surface area contributed by atoms with Gasteiger partial charge in [0.25, 0.3) is 0 Å². The smallest absolute Gasteiger partial charge is 0.490 e. The Balaban J connectivity index is 0.000000517. The second kappa shape index (κ2) is 14.2. The molecule has 230 valence electrons. The lowest BCUT2D eigenvalue weighted by Gasteiger charge is -2.35. The van der Waals surface area contributed by atoms with E-state index in [4.69, 9.17) is 24.4 Å². The minimum Gasteiger partial charge on any atom is -0.493 e. The van der Waals surface area contributed by atoms with Crippen molar-refractivity contribution < 1.29 is 32.5 Å². The van der Waals surface area contributed by atoms with Gasteiger partial charge >= 0.3 is 12.1 Å². The van der Waals surface area contributed by atoms with Crippen LogP contribution in [-0.4, -0.2) is 90.6 Å². The van der Waals surface area contributed by atoms with E-state index in [1.54, 1.807) is 7.11 Å². The molecule has 2 aromatic carbocycles. The van der Waals surface area contributed by atoms with Crippen molar-refractivity contribution in [1.82, 2.24) is 14.8 Å². The number of alkyl halides is 3. The van der Waals surface area contributed by atoms with Crippen LogP contribution in [0.2, 0.25) is 0 Å². The van der Waals surface area contributed by atoms with Crippen molar-refractivity contribution in [2.75, 3.05) is 51.8 Å². The van der Waals surface area contributed by atoms with E-state index in [9.17, 15) is 13.2 Å². The summed E-state index contributed by atoms with van der Waals surface area (Å²) in [4.78, 5) is 19.0. The van der Waals surface area contributed by atoms with Crippen LogP contribution in [0, 0.1) is 0 Å². The Labute approximate surface area is 244 Å². The number of likely N-dealkylation sites (tertiary alicyclic amines) is 2. The van der Waals surface area contributed by atoms with E-state index >= 15 is 0 Å². The van der Waals surface area contributed by atoms with Gasteiger partial charge in [0.2, 0.25) is 0 Å². The molecular weight excluding hydrogens is 549 g/mol. The van der Waals surface area contributed by atoms with Gasteiger partial charge in [-0.15, -0.1) is 0 Å². The van der Waals surface area contributed by atoms with Crippen LogP contribution in [0.4, 0.5) is 18.9 Å². The second-order valence-corrected chi connectivity index (χ2v) is 11.1. The highest BCUT2D eigenvalue weighted by Crippen LogP contribution is 2.39. The van der Waals surface area contributed by atoms with Crippen molar-refractivity contribution in [3.05, 3.63) is 36.4 Å². The highest BCUT2D eigenvalue weighted by Gasteiger charge is 2.38. The molecule has 3 aromatic rings. The third-order valence-electron chi connectivity index (χ3n) is 7.89. The predicted molar refractivity (Wildman–Crippen MR) is 159 cm³/mol. The number of fused-ring (bicyclic) bond motifs is 2. The Morgan fingerprint density at radius 3 is 2.33 bits per heavy atom. The van der Waals surface area contributed by atoms with Gasteiger partial charge in [0.05, 0.1) is 30.4 Å². The first-order valence-corrected chi connectivity index (χ1v) is 14.6. The number of anilines is 1. The first-order valence-electron chi connectivity index (χ1n) is 14.6. The van der Waals surface area contributed by atoms with Crippen molar-refractivity contribution in [2.24, 2.45) is 0 Å². The van der Waals surface area contributed by atoms with Crippen molar-refractivity contribution in [2.45, 2.75) is 64.2 Å². The number of aliphatic carboxylic acids is 1. The van der Waals surface area contributed by atoms with Crippen molar-refractivity contribution >= 4 is 33.5 Å². The quantitative estimate of drug-likeness (QED) is 0.226. The lowest BCUT2D eigenvalue weighted by molar-refractivity contribution is -0.192. The summed E-state index contributed by atoms with van der Waals surface area (Å²) in [5.41, 5.74) is 3.11. The number of piperidine rings is 1. The first-order chi connectivity index (χ1) is 20.1. The van der Waals surface area contributed by atoms with Gasteiger partial charge in [-0.05, 0) is 71.2 Å². The number of hydrogen-bond acceptors (Lipinski definition) is 7. The van der Waals surface area contributed by atoms with Crippen molar-refractivity contribution in [1.29, 1.82) is 0 Å². The summed E-state index contributed by atoms with van der Waals surface area (Å²) in [6.07, 6.45) is 0.879. The number of para-hydroxylation sites is 1. The van der Waals surface area contributed by atoms with Crippen LogP contribution >= 0.6 is 0 Å². The fourth-order valence-electron chi connectivity index (χ4n) is 5.57. The highest BCUT2D eigenvalue weighted by molar-refractivity contribution is 6.08. The summed E-state index contributed by atoms with van der Waals surface area (Å²) >= 11 is 0. The van der Waals surface area contributed by atoms with Crippen LogP contribution in [0.25, 0.3) is 21.8 Å². The lowest BCUT2D eigenvalue weighted by Crippen LogP contribution is -2.42. The molecule has 8 nitrogen and oxygen atoms in total. The summed E-state index contributed by atoms with van der Waals surface area (Å²) in [6.45, 7) is 11.1. The standard InChI is InChI=1S/C29H40N4O2.C2HF3O2/c1-21(2)33-16-11-22(12-17-33)30-29-23-9-4-5-10-25(23)31-26-20-28(27(34-3)19-24(26)29)35-18-8-15-32-13-6-7-14-32;3-2(4,5)1(6)7/h4-5,9-10,19-22H,6-8,11-18H2,1-3H3,(H,30,31);(H,6,7). The van der Waals surface area contributed by atoms with Crippen LogP contribution in [-0.2, 0) is 4.79 Å². The topological polar surface area (TPSA) is 87.2 Å². The van der Waals surface area contributed by atoms with Gasteiger partial charge in [-0.1, -0.05) is 18.2 Å². The maximum Gasteiger partial charge on any atom is 0.490 e. The molecular formula is C31H41F3N4O4. The van der Waals surface area contributed by atoms with Crippen LogP contribution in [0.3, 0.4) is 0 Å². The van der Waals surface area contributed by atoms with E-state index in [2.05, 4.69) is 65.4 Å². The summed E-state index contributed by atoms with van der Waals surface area (Å²) in [7, 11) is 1.72. The minimum atomic E-state index is -5.08. The molecule has 0 aliphatic carbocycles. The normalized spacial score (nSPS) is 16.9. The van der Waals surface area contributed by atoms with Gasteiger partial charge in [0.1, 0.15) is 0 Å². The van der Waals surface area contributed by atoms with Gasteiger partial charge in [0.15, 0.2) is 11.5 Å². The summed E-state index contributed by atoms with van der Waals surface area (Å²) in [5, 5.41) is 13.3. The molecule has 11 heteroatoms. The molecule has 2 aliphatic rings. The molecule has 0 atom stereocenters. The van der Waals surface area contributed by atoms with E-state index in [1.165, 1.54) is 25.9 Å². The van der Waals surface area contributed by atoms with Gasteiger partial charge in [-0.25, -0.2) is 9.78 Å². The number of nitrogens with zero attached hydrogens (tertiary/aromatic N) is 3. The largest absolute Gasteiger partial charge is 0.493 e. The van der Waals surface area contributed by atoms with Gasteiger partial charge < -0.3 is 29.7 Å². The number of aromatic nitrogens is 1. The van der Waals surface area contributed by atoms with Crippen LogP contribution < -0.4 is 14.8 Å². The number of carboxylic acid groups (broad SMARTS) is 1. The molecule has 0 spiro atoms. The molecule has 0 unspecified atom stereocenters. The van der Waals surface area contributed by atoms with Gasteiger partial charge in [-0.2, -0.15) is 13.2 Å². The number of halogens is 3. The average Bonchev–Trinajstić information content (AvgIpc) is 3.48. The molecule has 3 heterocycles. The van der Waals surface area contributed by atoms with Crippen molar-refractivity contribution in [3.63, 3.8) is 0 Å². The zero-order valence-corrected chi connectivity index (χ0v) is 24.5. The average molecular weight is 591 g/mol. The molecule has 2 N–H and O–H groups in total. The molecule has 5 rings (SSSR count). The number of carbonyl (C=O) groups is 1. The molecule has 2 fully saturated rings. The molecule has 2 aliphatic heterocycles. The molecule has 0 amide bonds. The fourth-order valence-corrected chi connectivity index (χ4v) is 5.57. The minimum absolute atomic E-state index is 0.450. The molecule has 0 saturated carbocycles. The van der Waals surface area contributed by atoms with E-state index in [-0.39, 0.29) is 0 Å². The second-order valence-electron chi connectivity index (χ2n) is 11.1. The summed E-state index contributed by atoms with van der Waals surface area (Å²) < 4.78 is 43.7. The zero-order valence-electron chi connectivity index (χ0n) is 24.5. The zero-order chi connectivity index (χ0) is 30.3. The monoisotopic (exact) mass is 590 g/mol. The van der Waals surface area contributed by atoms with E-state index < -0.39 is 12.1 Å². The molecule has 0 bridgehead atoms. The number of methoxy groups -OCH3 is 1. The molecule has 1 aromatic heterocycles. The molecule has 2 saturated heterocycles. The van der Waals surface area contributed by atoms with Gasteiger partial charge in [-0.3, -0.25) is 0 Å². The Morgan fingerprint density at radius 2 is 1.71 bits per heavy atom. The number of hydrogen-bond donors (Lipinski definition) is 2. The first kappa shape index (κ1) is 31.6. The highest BCUT2D eigenvalue weighted by atomic mass is 19.4. The maximum atomic E-state index is 10.6. The Kier molecular flexibility index (Phi) is 10.7. The Bertz CT molecular complexity index is 1340. The fraction of sp³-hybridized carbons (Fsp3) is 0.548. The SMILES string of the molecule is COc1cc2c(NC3CCN(C(C)C)CC3)c3ccccc3nc2cc1OCCCN1CCCC1.O=C(O)C(F)(F)F. The Hall–Kier alpha value is -3.31. The maximum absolute atomic E-state index is 10.6. The van der Waals surface area contributed by atoms with Crippen molar-refractivity contribution in [3.8, 4) is 11.5 Å². The summed E-state index contributed by atoms with van der Waals surface area (Å²) in [5.74, 6) is -1.21.